The van der Waals surface area contributed by atoms with Crippen LogP contribution in [0, 0.1) is 0 Å². The zero-order valence-electron chi connectivity index (χ0n) is 6.27. The summed E-state index contributed by atoms with van der Waals surface area (Å²) in [5.74, 6) is -0.110. The van der Waals surface area contributed by atoms with Crippen LogP contribution in [0.1, 0.15) is 12.8 Å². The number of aliphatic hydroxyl groups is 1. The molecule has 0 aliphatic rings. The van der Waals surface area contributed by atoms with Gasteiger partial charge in [-0.2, -0.15) is 0 Å². The molecule has 0 aliphatic heterocycles. The summed E-state index contributed by atoms with van der Waals surface area (Å²) in [5.41, 5.74) is 0. The molecule has 0 aliphatic carbocycles. The summed E-state index contributed by atoms with van der Waals surface area (Å²) in [6, 6.07) is 0. The van der Waals surface area contributed by atoms with Crippen LogP contribution in [0.2, 0.25) is 0 Å². The minimum absolute atomic E-state index is 0.0369. The highest BCUT2D eigenvalue weighted by molar-refractivity contribution is 6.29. The third-order valence-corrected chi connectivity index (χ3v) is 1.17. The van der Waals surface area contributed by atoms with E-state index >= 15 is 0 Å². The Morgan fingerprint density at radius 3 is 2.73 bits per heavy atom. The Morgan fingerprint density at radius 1 is 1.64 bits per heavy atom. The van der Waals surface area contributed by atoms with Crippen molar-refractivity contribution in [2.75, 3.05) is 13.2 Å². The maximum Gasteiger partial charge on any atom is 0.220 e. The summed E-state index contributed by atoms with van der Waals surface area (Å²) in [4.78, 5) is 10.8. The quantitative estimate of drug-likeness (QED) is 0.647. The topological polar surface area (TPSA) is 49.3 Å². The number of rotatable bonds is 5. The summed E-state index contributed by atoms with van der Waals surface area (Å²) in [7, 11) is 0. The Labute approximate surface area is 71.0 Å². The van der Waals surface area contributed by atoms with E-state index in [1.54, 1.807) is 0 Å². The lowest BCUT2D eigenvalue weighted by Gasteiger charge is -2.01. The predicted octanol–water partition coefficient (Wildman–Crippen LogP) is 0.628. The van der Waals surface area contributed by atoms with E-state index in [4.69, 9.17) is 16.7 Å². The number of aliphatic hydroxyl groups excluding tert-OH is 1. The fraction of sp³-hybridized carbons (Fsp3) is 0.571. The van der Waals surface area contributed by atoms with Crippen molar-refractivity contribution in [1.29, 1.82) is 0 Å². The average Bonchev–Trinajstić information content (AvgIpc) is 1.97. The van der Waals surface area contributed by atoms with Crippen LogP contribution in [0.15, 0.2) is 11.6 Å². The Balaban J connectivity index is 3.30. The maximum absolute atomic E-state index is 10.8. The second-order valence-corrected chi connectivity index (χ2v) is 2.66. The maximum atomic E-state index is 10.8. The Bertz CT molecular complexity index is 147. The molecule has 0 saturated heterocycles. The van der Waals surface area contributed by atoms with Crippen molar-refractivity contribution in [1.82, 2.24) is 5.32 Å². The normalized spacial score (nSPS) is 9.27. The first-order valence-electron chi connectivity index (χ1n) is 3.37. The second kappa shape index (κ2) is 6.19. The van der Waals surface area contributed by atoms with Gasteiger partial charge in [0.2, 0.25) is 5.91 Å². The van der Waals surface area contributed by atoms with Crippen LogP contribution in [0.25, 0.3) is 0 Å². The molecule has 4 heteroatoms. The van der Waals surface area contributed by atoms with Gasteiger partial charge in [0, 0.05) is 18.1 Å². The summed E-state index contributed by atoms with van der Waals surface area (Å²) in [6.07, 6.45) is 0.821. The van der Waals surface area contributed by atoms with E-state index in [0.717, 1.165) is 0 Å². The summed E-state index contributed by atoms with van der Waals surface area (Å²) < 4.78 is 0. The molecule has 0 fully saturated rings. The van der Waals surface area contributed by atoms with Crippen LogP contribution in [-0.2, 0) is 4.79 Å². The van der Waals surface area contributed by atoms with E-state index in [2.05, 4.69) is 11.9 Å². The third-order valence-electron chi connectivity index (χ3n) is 1.04. The zero-order chi connectivity index (χ0) is 8.69. The minimum atomic E-state index is -0.110. The van der Waals surface area contributed by atoms with Gasteiger partial charge in [-0.25, -0.2) is 0 Å². The number of carbonyl (C=O) groups excluding carboxylic acids is 1. The highest BCUT2D eigenvalue weighted by atomic mass is 35.5. The molecule has 1 amide bonds. The van der Waals surface area contributed by atoms with E-state index in [-0.39, 0.29) is 12.5 Å². The molecule has 0 aromatic rings. The lowest BCUT2D eigenvalue weighted by atomic mass is 10.3. The van der Waals surface area contributed by atoms with E-state index in [9.17, 15) is 4.79 Å². The molecule has 0 rings (SSSR count). The van der Waals surface area contributed by atoms with Gasteiger partial charge >= 0.3 is 0 Å². The summed E-state index contributed by atoms with van der Waals surface area (Å²) in [6.45, 7) is 3.74. The number of carbonyl (C=O) groups is 1. The molecular weight excluding hydrogens is 166 g/mol. The SMILES string of the molecule is C=C(Cl)CNC(=O)CCCO. The van der Waals surface area contributed by atoms with Crippen LogP contribution in [0.5, 0.6) is 0 Å². The van der Waals surface area contributed by atoms with Crippen molar-refractivity contribution in [3.05, 3.63) is 11.6 Å². The van der Waals surface area contributed by atoms with E-state index in [0.29, 0.717) is 24.4 Å². The minimum Gasteiger partial charge on any atom is -0.396 e. The third kappa shape index (κ3) is 7.36. The number of amides is 1. The zero-order valence-corrected chi connectivity index (χ0v) is 7.02. The molecular formula is C7H12ClNO2. The molecule has 0 atom stereocenters. The lowest BCUT2D eigenvalue weighted by Crippen LogP contribution is -2.24. The molecule has 0 bridgehead atoms. The number of hydrogen-bond acceptors (Lipinski definition) is 2. The standard InChI is InChI=1S/C7H12ClNO2/c1-6(8)5-9-7(11)3-2-4-10/h10H,1-5H2,(H,9,11). The molecule has 3 nitrogen and oxygen atoms in total. The van der Waals surface area contributed by atoms with Gasteiger partial charge in [-0.1, -0.05) is 18.2 Å². The van der Waals surface area contributed by atoms with Crippen LogP contribution < -0.4 is 5.32 Å². The van der Waals surface area contributed by atoms with Gasteiger partial charge < -0.3 is 10.4 Å². The van der Waals surface area contributed by atoms with Crippen molar-refractivity contribution < 1.29 is 9.90 Å². The van der Waals surface area contributed by atoms with Crippen molar-refractivity contribution in [2.45, 2.75) is 12.8 Å². The van der Waals surface area contributed by atoms with E-state index in [1.807, 2.05) is 0 Å². The Hall–Kier alpha value is -0.540. The highest BCUT2D eigenvalue weighted by Gasteiger charge is 1.98. The van der Waals surface area contributed by atoms with Gasteiger partial charge in [-0.15, -0.1) is 0 Å². The summed E-state index contributed by atoms with van der Waals surface area (Å²) in [5, 5.41) is 11.3. The molecule has 0 heterocycles. The molecule has 64 valence electrons. The Morgan fingerprint density at radius 2 is 2.27 bits per heavy atom. The summed E-state index contributed by atoms with van der Waals surface area (Å²) >= 11 is 5.40. The predicted molar refractivity (Wildman–Crippen MR) is 44.3 cm³/mol. The van der Waals surface area contributed by atoms with Crippen LogP contribution in [-0.4, -0.2) is 24.2 Å². The van der Waals surface area contributed by atoms with Gasteiger partial charge in [0.1, 0.15) is 0 Å². The second-order valence-electron chi connectivity index (χ2n) is 2.12. The molecule has 0 saturated carbocycles. The first-order valence-corrected chi connectivity index (χ1v) is 3.75. The molecule has 2 N–H and O–H groups in total. The van der Waals surface area contributed by atoms with Crippen molar-refractivity contribution in [2.24, 2.45) is 0 Å². The fourth-order valence-electron chi connectivity index (χ4n) is 0.522. The molecule has 0 spiro atoms. The molecule has 11 heavy (non-hydrogen) atoms. The van der Waals surface area contributed by atoms with Gasteiger partial charge in [0.05, 0.1) is 6.54 Å². The van der Waals surface area contributed by atoms with Gasteiger partial charge in [-0.3, -0.25) is 4.79 Å². The fourth-order valence-corrected chi connectivity index (χ4v) is 0.589. The number of hydrogen-bond donors (Lipinski definition) is 2. The van der Waals surface area contributed by atoms with Gasteiger partial charge in [-0.05, 0) is 6.42 Å². The first-order chi connectivity index (χ1) is 5.16. The van der Waals surface area contributed by atoms with E-state index in [1.165, 1.54) is 0 Å². The van der Waals surface area contributed by atoms with E-state index < -0.39 is 0 Å². The smallest absolute Gasteiger partial charge is 0.220 e. The molecule has 0 unspecified atom stereocenters. The molecule has 0 radical (unpaired) electrons. The largest absolute Gasteiger partial charge is 0.396 e. The van der Waals surface area contributed by atoms with Crippen molar-refractivity contribution in [3.63, 3.8) is 0 Å². The van der Waals surface area contributed by atoms with Crippen molar-refractivity contribution >= 4 is 17.5 Å². The molecule has 0 aromatic carbocycles. The lowest BCUT2D eigenvalue weighted by molar-refractivity contribution is -0.121. The first kappa shape index (κ1) is 10.5. The number of nitrogens with one attached hydrogen (secondary N) is 1. The van der Waals surface area contributed by atoms with Crippen LogP contribution >= 0.6 is 11.6 Å². The monoisotopic (exact) mass is 177 g/mol. The van der Waals surface area contributed by atoms with Crippen LogP contribution in [0.4, 0.5) is 0 Å². The van der Waals surface area contributed by atoms with Gasteiger partial charge in [0.25, 0.3) is 0 Å². The van der Waals surface area contributed by atoms with Gasteiger partial charge in [0.15, 0.2) is 0 Å². The Kier molecular flexibility index (Phi) is 5.88. The highest BCUT2D eigenvalue weighted by Crippen LogP contribution is 1.93. The van der Waals surface area contributed by atoms with Crippen LogP contribution in [0.3, 0.4) is 0 Å². The van der Waals surface area contributed by atoms with Crippen molar-refractivity contribution in [3.8, 4) is 0 Å². The average molecular weight is 178 g/mol. The number of halogens is 1. The molecule has 0 aromatic heterocycles.